The monoisotopic (exact) mass is 749 g/mol. The molecule has 0 saturated carbocycles. The van der Waals surface area contributed by atoms with Crippen LogP contribution in [0.15, 0.2) is 79.3 Å². The van der Waals surface area contributed by atoms with Crippen LogP contribution in [0.2, 0.25) is 0 Å². The summed E-state index contributed by atoms with van der Waals surface area (Å²) in [7, 11) is 41.7. The molecular formula is C30H31B11N3Pt-. The predicted octanol–water partition coefficient (Wildman–Crippen LogP) is 2.85. The first-order chi connectivity index (χ1) is 20.5. The molecule has 0 saturated heterocycles. The zero-order valence-electron chi connectivity index (χ0n) is 27.0. The largest absolute Gasteiger partial charge is 0.305 e. The molecule has 3 nitrogen and oxygen atoms in total. The van der Waals surface area contributed by atoms with Crippen LogP contribution in [0.5, 0.6) is 0 Å². The number of hydrogen-bond donors (Lipinski definition) is 0. The van der Waals surface area contributed by atoms with E-state index in [0.29, 0.717) is 5.56 Å². The van der Waals surface area contributed by atoms with Crippen molar-refractivity contribution in [3.8, 4) is 22.6 Å². The normalized spacial score (nSPS) is 11.3. The van der Waals surface area contributed by atoms with E-state index in [0.717, 1.165) is 22.6 Å². The van der Waals surface area contributed by atoms with Gasteiger partial charge in [0.1, 0.15) is 0 Å². The van der Waals surface area contributed by atoms with Crippen LogP contribution >= 0.6 is 0 Å². The number of nitrogens with zero attached hydrogens (tertiary/aromatic N) is 3. The van der Waals surface area contributed by atoms with Gasteiger partial charge >= 0.3 is 0 Å². The van der Waals surface area contributed by atoms with Crippen LogP contribution in [0.4, 0.5) is 0 Å². The van der Waals surface area contributed by atoms with Crippen LogP contribution in [0.25, 0.3) is 22.6 Å². The summed E-state index contributed by atoms with van der Waals surface area (Å²) in [5.41, 5.74) is 6.92. The fraction of sp³-hybridized carbons (Fsp3) is 0.300. The molecule has 4 aromatic rings. The molecule has 0 spiro atoms. The van der Waals surface area contributed by atoms with Gasteiger partial charge in [-0.05, 0) is 58.0 Å². The molecule has 45 heavy (non-hydrogen) atoms. The van der Waals surface area contributed by atoms with Crippen LogP contribution in [0.1, 0.15) is 58.2 Å². The number of pyridine rings is 3. The number of hydrogen-bond acceptors (Lipinski definition) is 3. The first kappa shape index (κ1) is 39.3. The number of aromatic nitrogens is 3. The summed E-state index contributed by atoms with van der Waals surface area (Å²) in [5.74, 6) is 0. The minimum atomic E-state index is -1.20. The summed E-state index contributed by atoms with van der Waals surface area (Å²) in [6, 6.07) is 22.5. The van der Waals surface area contributed by atoms with Crippen molar-refractivity contribution >= 4 is 80.0 Å². The van der Waals surface area contributed by atoms with Gasteiger partial charge < -0.3 is 4.98 Å². The molecule has 0 atom stereocenters. The minimum absolute atomic E-state index is 0. The SMILES string of the molecule is CC(C)(C)c1ccnc(-c2cc(C(C)(C)C)ccn2)c1.[B]B([B])B([B])C(B([B])[B])(B([B])[B])c1c[c-]c(-c2ccccn2)cc1.[Pt]. The van der Waals surface area contributed by atoms with Gasteiger partial charge in [0.05, 0.1) is 11.4 Å². The van der Waals surface area contributed by atoms with Crippen LogP contribution in [-0.2, 0) is 37.0 Å². The molecular weight excluding hydrogens is 716 g/mol. The Hall–Kier alpha value is -1.93. The van der Waals surface area contributed by atoms with Crippen molar-refractivity contribution in [2.24, 2.45) is 0 Å². The van der Waals surface area contributed by atoms with E-state index >= 15 is 0 Å². The van der Waals surface area contributed by atoms with E-state index in [4.69, 9.17) is 54.2 Å². The third-order valence-corrected chi connectivity index (χ3v) is 7.84. The molecule has 0 bridgehead atoms. The standard InChI is InChI=1S/C18H24N2.C12H7B11N.Pt/c1-17(2,3)13-7-9-19-15(11-13)16-12-14(8-10-20-16)18(4,5)6;13-20(14)12(21(15)16,22(17)23(18)19)10-6-4-9(5-7-10)11-3-1-2-8-24-11;/h7-12H,1-6H3;1-4,6-8H;/q;-1;. The van der Waals surface area contributed by atoms with Crippen LogP contribution in [0, 0.1) is 6.07 Å². The van der Waals surface area contributed by atoms with Gasteiger partial charge in [0.15, 0.2) is 0 Å². The Morgan fingerprint density at radius 3 is 1.42 bits per heavy atom. The molecule has 0 aliphatic carbocycles. The molecule has 0 aliphatic rings. The van der Waals surface area contributed by atoms with Crippen molar-refractivity contribution in [3.05, 3.63) is 102 Å². The zero-order valence-corrected chi connectivity index (χ0v) is 29.3. The quantitative estimate of drug-likeness (QED) is 0.216. The molecule has 15 heteroatoms. The Labute approximate surface area is 296 Å². The van der Waals surface area contributed by atoms with E-state index in [9.17, 15) is 0 Å². The average molecular weight is 748 g/mol. The minimum Gasteiger partial charge on any atom is -0.305 e. The first-order valence-electron chi connectivity index (χ1n) is 14.7. The van der Waals surface area contributed by atoms with Crippen molar-refractivity contribution in [1.82, 2.24) is 15.0 Å². The van der Waals surface area contributed by atoms with E-state index in [1.807, 2.05) is 36.7 Å². The van der Waals surface area contributed by atoms with E-state index < -0.39 is 31.0 Å². The Bertz CT molecular complexity index is 1430. The molecule has 0 fully saturated rings. The summed E-state index contributed by atoms with van der Waals surface area (Å²) in [4.78, 5) is 13.2. The van der Waals surface area contributed by atoms with Gasteiger partial charge in [0.25, 0.3) is 0 Å². The fourth-order valence-corrected chi connectivity index (χ4v) is 5.01. The van der Waals surface area contributed by atoms with Gasteiger partial charge in [-0.3, -0.25) is 9.97 Å². The predicted molar refractivity (Wildman–Crippen MR) is 198 cm³/mol. The topological polar surface area (TPSA) is 38.7 Å². The van der Waals surface area contributed by atoms with Gasteiger partial charge in [0.2, 0.25) is 0 Å². The van der Waals surface area contributed by atoms with Crippen molar-refractivity contribution in [2.45, 2.75) is 57.5 Å². The summed E-state index contributed by atoms with van der Waals surface area (Å²) in [6.07, 6.45) is 4.56. The van der Waals surface area contributed by atoms with Gasteiger partial charge in [-0.2, -0.15) is 0 Å². The van der Waals surface area contributed by atoms with Crippen molar-refractivity contribution in [1.29, 1.82) is 0 Å². The molecule has 0 amide bonds. The first-order valence-corrected chi connectivity index (χ1v) is 14.7. The Morgan fingerprint density at radius 1 is 0.578 bits per heavy atom. The molecule has 1 aromatic carbocycles. The summed E-state index contributed by atoms with van der Waals surface area (Å²) >= 11 is 0. The zero-order chi connectivity index (χ0) is 32.9. The van der Waals surface area contributed by atoms with Crippen LogP contribution < -0.4 is 0 Å². The maximum atomic E-state index is 6.18. The van der Waals surface area contributed by atoms with Crippen molar-refractivity contribution in [3.63, 3.8) is 0 Å². The molecule has 3 heterocycles. The maximum absolute atomic E-state index is 6.18. The Morgan fingerprint density at radius 2 is 1.07 bits per heavy atom. The van der Waals surface area contributed by atoms with Gasteiger partial charge in [-0.1, -0.05) is 53.7 Å². The van der Waals surface area contributed by atoms with Crippen molar-refractivity contribution in [2.75, 3.05) is 0 Å². The summed E-state index contributed by atoms with van der Waals surface area (Å²) in [6.45, 7) is 10.5. The smallest absolute Gasteiger partial charge is 0.0889 e. The number of rotatable bonds is 7. The van der Waals surface area contributed by atoms with Gasteiger partial charge in [-0.25, -0.2) is 0 Å². The van der Waals surface area contributed by atoms with Gasteiger partial charge in [0, 0.05) is 120 Å². The third-order valence-electron chi connectivity index (χ3n) is 7.84. The van der Waals surface area contributed by atoms with E-state index in [2.05, 4.69) is 86.8 Å². The molecule has 0 aliphatic heterocycles. The number of benzene rings is 1. The summed E-state index contributed by atoms with van der Waals surface area (Å²) in [5, 5.41) is -1.20. The molecule has 0 unspecified atom stereocenters. The summed E-state index contributed by atoms with van der Waals surface area (Å²) < 4.78 is 0. The second kappa shape index (κ2) is 16.3. The van der Waals surface area contributed by atoms with E-state index in [-0.39, 0.29) is 31.9 Å². The van der Waals surface area contributed by atoms with Gasteiger partial charge in [-0.15, -0.1) is 40.5 Å². The average Bonchev–Trinajstić information content (AvgIpc) is 2.97. The van der Waals surface area contributed by atoms with Crippen LogP contribution in [0.3, 0.4) is 0 Å². The second-order valence-electron chi connectivity index (χ2n) is 13.2. The molecule has 14 radical (unpaired) electrons. The van der Waals surface area contributed by atoms with Crippen LogP contribution in [-0.4, -0.2) is 95.0 Å². The molecule has 0 N–H and O–H groups in total. The maximum Gasteiger partial charge on any atom is 0.0889 e. The second-order valence-corrected chi connectivity index (χ2v) is 13.2. The van der Waals surface area contributed by atoms with Crippen molar-refractivity contribution < 1.29 is 21.1 Å². The van der Waals surface area contributed by atoms with E-state index in [1.165, 1.54) is 11.1 Å². The molecule has 4 rings (SSSR count). The fourth-order valence-electron chi connectivity index (χ4n) is 5.01. The van der Waals surface area contributed by atoms with E-state index in [1.54, 1.807) is 18.3 Å². The molecule has 210 valence electrons. The molecule has 3 aromatic heterocycles. The Kier molecular flexibility index (Phi) is 14.2. The third kappa shape index (κ3) is 9.56. The Balaban J connectivity index is 0.000000311.